The summed E-state index contributed by atoms with van der Waals surface area (Å²) in [5.41, 5.74) is 2.67. The van der Waals surface area contributed by atoms with Crippen molar-refractivity contribution in [1.82, 2.24) is 15.0 Å². The molecule has 0 saturated heterocycles. The second-order valence-corrected chi connectivity index (χ2v) is 8.36. The van der Waals surface area contributed by atoms with Crippen molar-refractivity contribution < 1.29 is 9.21 Å². The first-order valence-electron chi connectivity index (χ1n) is 9.53. The van der Waals surface area contributed by atoms with Crippen LogP contribution in [0.1, 0.15) is 40.9 Å². The highest BCUT2D eigenvalue weighted by Gasteiger charge is 2.35. The van der Waals surface area contributed by atoms with Crippen LogP contribution in [0.4, 0.5) is 0 Å². The first-order valence-corrected chi connectivity index (χ1v) is 10.9. The standard InChI is InChI=1S/C22H18ClN5O2S/c1-13-17(11-24)22(26-14(2)25-13)31-12-21(29)28-19(20-4-3-9-30-20)10-18(27-28)15-5-7-16(23)8-6-15/h3-9,19H,10,12H2,1-2H3. The maximum absolute atomic E-state index is 13.1. The Balaban J connectivity index is 1.58. The molecular weight excluding hydrogens is 434 g/mol. The van der Waals surface area contributed by atoms with Crippen molar-refractivity contribution in [3.05, 3.63) is 76.1 Å². The molecule has 1 aliphatic rings. The Kier molecular flexibility index (Phi) is 6.07. The van der Waals surface area contributed by atoms with Gasteiger partial charge in [-0.2, -0.15) is 10.4 Å². The van der Waals surface area contributed by atoms with Crippen LogP contribution in [0.3, 0.4) is 0 Å². The first kappa shape index (κ1) is 21.1. The normalized spacial score (nSPS) is 15.6. The fourth-order valence-electron chi connectivity index (χ4n) is 3.37. The number of nitriles is 1. The fourth-order valence-corrected chi connectivity index (χ4v) is 4.42. The number of thioether (sulfide) groups is 1. The molecule has 156 valence electrons. The Bertz CT molecular complexity index is 1190. The quantitative estimate of drug-likeness (QED) is 0.412. The molecular formula is C22H18ClN5O2S. The molecule has 4 rings (SSSR count). The van der Waals surface area contributed by atoms with Crippen LogP contribution in [0.25, 0.3) is 0 Å². The third-order valence-corrected chi connectivity index (χ3v) is 6.04. The Labute approximate surface area is 188 Å². The number of furan rings is 1. The van der Waals surface area contributed by atoms with E-state index in [4.69, 9.17) is 16.0 Å². The maximum atomic E-state index is 13.1. The van der Waals surface area contributed by atoms with Crippen LogP contribution in [0.2, 0.25) is 5.02 Å². The number of hydrogen-bond acceptors (Lipinski definition) is 7. The van der Waals surface area contributed by atoms with Crippen LogP contribution in [0.5, 0.6) is 0 Å². The molecule has 0 spiro atoms. The third-order valence-electron chi connectivity index (χ3n) is 4.83. The Morgan fingerprint density at radius 3 is 2.74 bits per heavy atom. The lowest BCUT2D eigenvalue weighted by atomic mass is 10.0. The summed E-state index contributed by atoms with van der Waals surface area (Å²) in [6.07, 6.45) is 2.11. The lowest BCUT2D eigenvalue weighted by Gasteiger charge is -2.19. The summed E-state index contributed by atoms with van der Waals surface area (Å²) in [6.45, 7) is 3.52. The number of carbonyl (C=O) groups is 1. The van der Waals surface area contributed by atoms with Crippen LogP contribution in [-0.4, -0.2) is 32.3 Å². The number of hydrazone groups is 1. The Hall–Kier alpha value is -3.15. The number of aromatic nitrogens is 2. The molecule has 0 bridgehead atoms. The highest BCUT2D eigenvalue weighted by atomic mass is 35.5. The minimum absolute atomic E-state index is 0.0825. The smallest absolute Gasteiger partial charge is 0.253 e. The lowest BCUT2D eigenvalue weighted by molar-refractivity contribution is -0.130. The molecule has 9 heteroatoms. The average Bonchev–Trinajstić information content (AvgIpc) is 3.42. The zero-order valence-electron chi connectivity index (χ0n) is 16.9. The summed E-state index contributed by atoms with van der Waals surface area (Å²) in [7, 11) is 0. The highest BCUT2D eigenvalue weighted by Crippen LogP contribution is 2.34. The summed E-state index contributed by atoms with van der Waals surface area (Å²) in [5.74, 6) is 1.11. The topological polar surface area (TPSA) is 95.4 Å². The van der Waals surface area contributed by atoms with Gasteiger partial charge in [0, 0.05) is 11.4 Å². The molecule has 0 fully saturated rings. The minimum Gasteiger partial charge on any atom is -0.467 e. The van der Waals surface area contributed by atoms with Crippen LogP contribution in [0.15, 0.2) is 57.2 Å². The molecule has 31 heavy (non-hydrogen) atoms. The van der Waals surface area contributed by atoms with Crippen molar-refractivity contribution in [1.29, 1.82) is 5.26 Å². The molecule has 7 nitrogen and oxygen atoms in total. The fraction of sp³-hybridized carbons (Fsp3) is 0.227. The third kappa shape index (κ3) is 4.48. The molecule has 1 unspecified atom stereocenters. The van der Waals surface area contributed by atoms with E-state index in [1.807, 2.05) is 18.2 Å². The van der Waals surface area contributed by atoms with E-state index in [9.17, 15) is 10.1 Å². The monoisotopic (exact) mass is 451 g/mol. The molecule has 1 atom stereocenters. The van der Waals surface area contributed by atoms with Gasteiger partial charge in [0.15, 0.2) is 0 Å². The van der Waals surface area contributed by atoms with E-state index in [2.05, 4.69) is 21.1 Å². The number of rotatable bonds is 5. The summed E-state index contributed by atoms with van der Waals surface area (Å²) >= 11 is 7.21. The van der Waals surface area contributed by atoms with Gasteiger partial charge in [-0.1, -0.05) is 35.5 Å². The minimum atomic E-state index is -0.335. The Morgan fingerprint density at radius 2 is 2.06 bits per heavy atom. The van der Waals surface area contributed by atoms with Gasteiger partial charge in [0.2, 0.25) is 0 Å². The van der Waals surface area contributed by atoms with Crippen molar-refractivity contribution in [2.45, 2.75) is 31.3 Å². The summed E-state index contributed by atoms with van der Waals surface area (Å²) < 4.78 is 5.57. The number of benzene rings is 1. The molecule has 2 aromatic heterocycles. The van der Waals surface area contributed by atoms with E-state index < -0.39 is 0 Å². The summed E-state index contributed by atoms with van der Waals surface area (Å²) in [4.78, 5) is 21.7. The zero-order chi connectivity index (χ0) is 22.0. The number of nitrogens with zero attached hydrogens (tertiary/aromatic N) is 5. The van der Waals surface area contributed by atoms with Gasteiger partial charge < -0.3 is 4.42 Å². The first-order chi connectivity index (χ1) is 15.0. The van der Waals surface area contributed by atoms with Crippen LogP contribution >= 0.6 is 23.4 Å². The number of aryl methyl sites for hydroxylation is 2. The van der Waals surface area contributed by atoms with Crippen LogP contribution < -0.4 is 0 Å². The van der Waals surface area contributed by atoms with E-state index in [1.54, 1.807) is 38.3 Å². The van der Waals surface area contributed by atoms with Crippen molar-refractivity contribution in [3.63, 3.8) is 0 Å². The van der Waals surface area contributed by atoms with E-state index in [0.717, 1.165) is 11.3 Å². The summed E-state index contributed by atoms with van der Waals surface area (Å²) in [6, 6.07) is 12.8. The number of hydrogen-bond donors (Lipinski definition) is 0. The predicted octanol–water partition coefficient (Wildman–Crippen LogP) is 4.68. The largest absolute Gasteiger partial charge is 0.467 e. The van der Waals surface area contributed by atoms with E-state index >= 15 is 0 Å². The van der Waals surface area contributed by atoms with E-state index in [-0.39, 0.29) is 17.7 Å². The second kappa shape index (κ2) is 8.92. The van der Waals surface area contributed by atoms with Crippen LogP contribution in [0, 0.1) is 25.2 Å². The van der Waals surface area contributed by atoms with Gasteiger partial charge >= 0.3 is 0 Å². The zero-order valence-corrected chi connectivity index (χ0v) is 18.4. The number of carbonyl (C=O) groups excluding carboxylic acids is 1. The number of halogens is 1. The predicted molar refractivity (Wildman–Crippen MR) is 118 cm³/mol. The molecule has 3 aromatic rings. The van der Waals surface area contributed by atoms with Crippen LogP contribution in [-0.2, 0) is 4.79 Å². The molecule has 0 aliphatic carbocycles. The van der Waals surface area contributed by atoms with Gasteiger partial charge in [-0.25, -0.2) is 15.0 Å². The van der Waals surface area contributed by atoms with Gasteiger partial charge in [0.25, 0.3) is 5.91 Å². The molecule has 1 aromatic carbocycles. The molecule has 1 aliphatic heterocycles. The van der Waals surface area contributed by atoms with E-state index in [0.29, 0.717) is 39.3 Å². The van der Waals surface area contributed by atoms with Crippen molar-refractivity contribution in [2.75, 3.05) is 5.75 Å². The Morgan fingerprint density at radius 1 is 1.29 bits per heavy atom. The molecule has 0 saturated carbocycles. The average molecular weight is 452 g/mol. The van der Waals surface area contributed by atoms with Gasteiger partial charge in [-0.15, -0.1) is 0 Å². The van der Waals surface area contributed by atoms with Crippen molar-refractivity contribution in [3.8, 4) is 6.07 Å². The SMILES string of the molecule is Cc1nc(C)c(C#N)c(SCC(=O)N2N=C(c3ccc(Cl)cc3)CC2c2ccco2)n1. The molecule has 0 N–H and O–H groups in total. The van der Waals surface area contributed by atoms with Gasteiger partial charge in [0.1, 0.15) is 34.3 Å². The number of amides is 1. The highest BCUT2D eigenvalue weighted by molar-refractivity contribution is 8.00. The summed E-state index contributed by atoms with van der Waals surface area (Å²) in [5, 5.41) is 16.6. The van der Waals surface area contributed by atoms with Crippen molar-refractivity contribution >= 4 is 35.0 Å². The molecule has 3 heterocycles. The maximum Gasteiger partial charge on any atom is 0.253 e. The van der Waals surface area contributed by atoms with Gasteiger partial charge in [0.05, 0.1) is 23.4 Å². The van der Waals surface area contributed by atoms with Gasteiger partial charge in [-0.3, -0.25) is 4.79 Å². The van der Waals surface area contributed by atoms with E-state index in [1.165, 1.54) is 16.8 Å². The lowest BCUT2D eigenvalue weighted by Crippen LogP contribution is -2.28. The molecule has 1 amide bonds. The molecule has 0 radical (unpaired) electrons. The second-order valence-electron chi connectivity index (χ2n) is 6.96. The van der Waals surface area contributed by atoms with Gasteiger partial charge in [-0.05, 0) is 43.7 Å². The van der Waals surface area contributed by atoms with Crippen molar-refractivity contribution in [2.24, 2.45) is 5.10 Å².